The van der Waals surface area contributed by atoms with Crippen molar-refractivity contribution in [1.82, 2.24) is 10.6 Å². The van der Waals surface area contributed by atoms with E-state index in [4.69, 9.17) is 0 Å². The molecule has 1 aromatic carbocycles. The van der Waals surface area contributed by atoms with Crippen molar-refractivity contribution < 1.29 is 9.59 Å². The van der Waals surface area contributed by atoms with Crippen LogP contribution in [0.4, 0.5) is 5.69 Å². The molecule has 3 N–H and O–H groups in total. The van der Waals surface area contributed by atoms with Crippen molar-refractivity contribution in [2.24, 2.45) is 5.92 Å². The molecule has 0 spiro atoms. The van der Waals surface area contributed by atoms with Crippen molar-refractivity contribution in [3.8, 4) is 0 Å². The van der Waals surface area contributed by atoms with Crippen LogP contribution in [0.15, 0.2) is 36.9 Å². The summed E-state index contributed by atoms with van der Waals surface area (Å²) in [6.45, 7) is 6.06. The highest BCUT2D eigenvalue weighted by Gasteiger charge is 2.16. The summed E-state index contributed by atoms with van der Waals surface area (Å²) < 4.78 is 0. The van der Waals surface area contributed by atoms with Crippen molar-refractivity contribution in [3.05, 3.63) is 42.5 Å². The Kier molecular flexibility index (Phi) is 9.12. The molecule has 0 atom stereocenters. The molecular weight excluding hydrogens is 326 g/mol. The van der Waals surface area contributed by atoms with Crippen LogP contribution in [-0.4, -0.2) is 31.4 Å². The highest BCUT2D eigenvalue weighted by atomic mass is 35.5. The molecule has 2 amide bonds. The number of carbonyl (C=O) groups excluding carboxylic acids is 2. The Morgan fingerprint density at radius 2 is 1.96 bits per heavy atom. The zero-order chi connectivity index (χ0) is 16.5. The molecule has 132 valence electrons. The summed E-state index contributed by atoms with van der Waals surface area (Å²) in [5.74, 6) is 0.375. The van der Waals surface area contributed by atoms with E-state index in [-0.39, 0.29) is 24.2 Å². The van der Waals surface area contributed by atoms with Gasteiger partial charge in [0, 0.05) is 13.0 Å². The Bertz CT molecular complexity index is 557. The van der Waals surface area contributed by atoms with Crippen LogP contribution < -0.4 is 16.0 Å². The Morgan fingerprint density at radius 3 is 2.67 bits per heavy atom. The second kappa shape index (κ2) is 10.8. The van der Waals surface area contributed by atoms with E-state index < -0.39 is 0 Å². The minimum absolute atomic E-state index is 0. The van der Waals surface area contributed by atoms with Gasteiger partial charge in [-0.05, 0) is 50.4 Å². The summed E-state index contributed by atoms with van der Waals surface area (Å²) in [6, 6.07) is 7.06. The second-order valence-corrected chi connectivity index (χ2v) is 5.82. The van der Waals surface area contributed by atoms with Gasteiger partial charge in [-0.15, -0.1) is 19.0 Å². The molecule has 24 heavy (non-hydrogen) atoms. The third-order valence-electron chi connectivity index (χ3n) is 4.09. The van der Waals surface area contributed by atoms with Crippen LogP contribution in [0.1, 0.15) is 36.0 Å². The first-order valence-corrected chi connectivity index (χ1v) is 8.19. The lowest BCUT2D eigenvalue weighted by atomic mass is 9.93. The average molecular weight is 352 g/mol. The van der Waals surface area contributed by atoms with Crippen LogP contribution in [0.25, 0.3) is 0 Å². The molecule has 1 aromatic rings. The Balaban J connectivity index is 0.00000288. The topological polar surface area (TPSA) is 70.2 Å². The van der Waals surface area contributed by atoms with Gasteiger partial charge >= 0.3 is 0 Å². The van der Waals surface area contributed by atoms with Gasteiger partial charge in [0.2, 0.25) is 5.91 Å². The molecule has 0 saturated carbocycles. The molecule has 0 bridgehead atoms. The van der Waals surface area contributed by atoms with Gasteiger partial charge in [0.05, 0.1) is 11.3 Å². The summed E-state index contributed by atoms with van der Waals surface area (Å²) in [7, 11) is 0. The number of carbonyl (C=O) groups is 2. The van der Waals surface area contributed by atoms with Gasteiger partial charge in [-0.25, -0.2) is 0 Å². The fourth-order valence-corrected chi connectivity index (χ4v) is 2.77. The zero-order valence-corrected chi connectivity index (χ0v) is 14.7. The van der Waals surface area contributed by atoms with Crippen LogP contribution in [-0.2, 0) is 4.79 Å². The Hall–Kier alpha value is -1.85. The van der Waals surface area contributed by atoms with Crippen molar-refractivity contribution in [3.63, 3.8) is 0 Å². The minimum Gasteiger partial charge on any atom is -0.349 e. The van der Waals surface area contributed by atoms with Gasteiger partial charge in [-0.3, -0.25) is 9.59 Å². The fraction of sp³-hybridized carbons (Fsp3) is 0.444. The predicted molar refractivity (Wildman–Crippen MR) is 99.7 cm³/mol. The summed E-state index contributed by atoms with van der Waals surface area (Å²) in [5, 5.41) is 8.92. The summed E-state index contributed by atoms with van der Waals surface area (Å²) >= 11 is 0. The molecule has 0 aromatic heterocycles. The number of piperidine rings is 1. The van der Waals surface area contributed by atoms with Crippen LogP contribution in [0.5, 0.6) is 0 Å². The van der Waals surface area contributed by atoms with Crippen LogP contribution in [0.3, 0.4) is 0 Å². The first kappa shape index (κ1) is 20.2. The van der Waals surface area contributed by atoms with E-state index in [1.54, 1.807) is 24.3 Å². The number of rotatable bonds is 7. The largest absolute Gasteiger partial charge is 0.349 e. The molecule has 1 aliphatic heterocycles. The van der Waals surface area contributed by atoms with Gasteiger partial charge in [0.25, 0.3) is 5.91 Å². The van der Waals surface area contributed by atoms with E-state index in [9.17, 15) is 9.59 Å². The monoisotopic (exact) mass is 351 g/mol. The predicted octanol–water partition coefficient (Wildman–Crippen LogP) is 2.74. The lowest BCUT2D eigenvalue weighted by molar-refractivity contribution is -0.116. The number of amides is 2. The molecule has 1 heterocycles. The molecule has 1 fully saturated rings. The van der Waals surface area contributed by atoms with Crippen LogP contribution in [0, 0.1) is 5.92 Å². The maximum atomic E-state index is 12.2. The van der Waals surface area contributed by atoms with E-state index in [1.807, 2.05) is 6.07 Å². The average Bonchev–Trinajstić information content (AvgIpc) is 2.59. The number of hydrogen-bond donors (Lipinski definition) is 3. The standard InChI is InChI=1S/C18H25N3O2.ClH/c1-2-11-20-18(23)15-5-3-4-6-16(15)21-17(22)8-7-14-9-12-19-13-10-14;/h2-6,14,19H,1,7-13H2,(H,20,23)(H,21,22);1H. The lowest BCUT2D eigenvalue weighted by Gasteiger charge is -2.22. The highest BCUT2D eigenvalue weighted by molar-refractivity contribution is 6.03. The van der Waals surface area contributed by atoms with Gasteiger partial charge in [-0.1, -0.05) is 18.2 Å². The zero-order valence-electron chi connectivity index (χ0n) is 13.8. The third-order valence-corrected chi connectivity index (χ3v) is 4.09. The van der Waals surface area contributed by atoms with Gasteiger partial charge in [0.1, 0.15) is 0 Å². The molecule has 0 radical (unpaired) electrons. The number of hydrogen-bond acceptors (Lipinski definition) is 3. The lowest BCUT2D eigenvalue weighted by Crippen LogP contribution is -2.28. The van der Waals surface area contributed by atoms with Gasteiger partial charge in [0.15, 0.2) is 0 Å². The number of nitrogens with one attached hydrogen (secondary N) is 3. The van der Waals surface area contributed by atoms with Gasteiger partial charge in [-0.2, -0.15) is 0 Å². The van der Waals surface area contributed by atoms with Crippen molar-refractivity contribution in [2.45, 2.75) is 25.7 Å². The van der Waals surface area contributed by atoms with E-state index in [2.05, 4.69) is 22.5 Å². The Morgan fingerprint density at radius 1 is 1.25 bits per heavy atom. The fourth-order valence-electron chi connectivity index (χ4n) is 2.77. The minimum atomic E-state index is -0.209. The number of para-hydroxylation sites is 1. The second-order valence-electron chi connectivity index (χ2n) is 5.82. The van der Waals surface area contributed by atoms with Crippen molar-refractivity contribution >= 4 is 29.9 Å². The van der Waals surface area contributed by atoms with Crippen LogP contribution >= 0.6 is 12.4 Å². The summed E-state index contributed by atoms with van der Waals surface area (Å²) in [5.41, 5.74) is 1.04. The molecule has 2 rings (SSSR count). The van der Waals surface area contributed by atoms with Gasteiger partial charge < -0.3 is 16.0 Å². The number of anilines is 1. The summed E-state index contributed by atoms with van der Waals surface area (Å²) in [4.78, 5) is 24.3. The quantitative estimate of drug-likeness (QED) is 0.661. The van der Waals surface area contributed by atoms with Crippen molar-refractivity contribution in [2.75, 3.05) is 25.0 Å². The number of halogens is 1. The molecule has 1 saturated heterocycles. The molecular formula is C18H26ClN3O2. The Labute approximate surface area is 149 Å². The molecule has 0 unspecified atom stereocenters. The molecule has 5 nitrogen and oxygen atoms in total. The summed E-state index contributed by atoms with van der Waals surface area (Å²) in [6.07, 6.45) is 5.28. The van der Waals surface area contributed by atoms with Crippen LogP contribution in [0.2, 0.25) is 0 Å². The van der Waals surface area contributed by atoms with E-state index in [0.29, 0.717) is 30.1 Å². The first-order chi connectivity index (χ1) is 11.2. The highest BCUT2D eigenvalue weighted by Crippen LogP contribution is 2.19. The first-order valence-electron chi connectivity index (χ1n) is 8.19. The molecule has 6 heteroatoms. The molecule has 0 aliphatic carbocycles. The van der Waals surface area contributed by atoms with E-state index in [0.717, 1.165) is 32.4 Å². The maximum Gasteiger partial charge on any atom is 0.253 e. The number of benzene rings is 1. The molecule has 1 aliphatic rings. The normalized spacial score (nSPS) is 14.3. The van der Waals surface area contributed by atoms with E-state index >= 15 is 0 Å². The van der Waals surface area contributed by atoms with E-state index in [1.165, 1.54) is 0 Å². The SMILES string of the molecule is C=CCNC(=O)c1ccccc1NC(=O)CCC1CCNCC1.Cl. The van der Waals surface area contributed by atoms with Crippen molar-refractivity contribution in [1.29, 1.82) is 0 Å². The maximum absolute atomic E-state index is 12.2. The third kappa shape index (κ3) is 6.34. The smallest absolute Gasteiger partial charge is 0.253 e.